The van der Waals surface area contributed by atoms with Gasteiger partial charge in [0.1, 0.15) is 0 Å². The molecule has 0 aromatic heterocycles. The molecule has 4 rings (SSSR count). The Hall–Kier alpha value is -2.48. The Balaban J connectivity index is 2.29. The summed E-state index contributed by atoms with van der Waals surface area (Å²) in [4.78, 5) is 9.27. The van der Waals surface area contributed by atoms with Crippen LogP contribution in [0.1, 0.15) is 22.3 Å². The average Bonchev–Trinajstić information content (AvgIpc) is 2.91. The molecule has 0 radical (unpaired) electrons. The van der Waals surface area contributed by atoms with E-state index in [4.69, 9.17) is 0 Å². The van der Waals surface area contributed by atoms with Crippen LogP contribution < -0.4 is 14.3 Å². The Morgan fingerprint density at radius 2 is 0.537 bits per heavy atom. The Morgan fingerprint density at radius 1 is 0.341 bits per heavy atom. The molecule has 0 spiro atoms. The van der Waals surface area contributed by atoms with Gasteiger partial charge in [0.15, 0.2) is 0 Å². The van der Waals surface area contributed by atoms with Gasteiger partial charge in [0.25, 0.3) is 0 Å². The zero-order valence-corrected chi connectivity index (χ0v) is 29.2. The van der Waals surface area contributed by atoms with E-state index in [1.165, 1.54) is 22.3 Å². The van der Waals surface area contributed by atoms with Crippen LogP contribution in [-0.4, -0.2) is 94.4 Å². The van der Waals surface area contributed by atoms with Crippen molar-refractivity contribution in [3.63, 3.8) is 0 Å². The van der Waals surface area contributed by atoms with E-state index in [9.17, 15) is 0 Å². The molecule has 5 heteroatoms. The van der Waals surface area contributed by atoms with E-state index in [2.05, 4.69) is 173 Å². The predicted molar refractivity (Wildman–Crippen MR) is 180 cm³/mol. The van der Waals surface area contributed by atoms with Gasteiger partial charge in [-0.1, -0.05) is 0 Å². The normalized spacial score (nSPS) is 12.2. The molecule has 0 aliphatic rings. The molecular formula is C36H48N4Sn. The Morgan fingerprint density at radius 3 is 0.732 bits per heavy atom. The van der Waals surface area contributed by atoms with Gasteiger partial charge < -0.3 is 0 Å². The summed E-state index contributed by atoms with van der Waals surface area (Å²) in [6, 6.07) is 37.4. The molecule has 0 saturated carbocycles. The monoisotopic (exact) mass is 656 g/mol. The summed E-state index contributed by atoms with van der Waals surface area (Å²) in [6.07, 6.45) is 0. The zero-order valence-electron chi connectivity index (χ0n) is 26.4. The minimum atomic E-state index is -4.04. The predicted octanol–water partition coefficient (Wildman–Crippen LogP) is 3.31. The molecule has 0 amide bonds. The first-order valence-electron chi connectivity index (χ1n) is 14.6. The van der Waals surface area contributed by atoms with Crippen LogP contribution in [0.4, 0.5) is 0 Å². The first kappa shape index (κ1) is 31.5. The van der Waals surface area contributed by atoms with Crippen molar-refractivity contribution in [2.75, 3.05) is 56.4 Å². The molecule has 4 aromatic rings. The van der Waals surface area contributed by atoms with E-state index in [-0.39, 0.29) is 0 Å². The van der Waals surface area contributed by atoms with Crippen LogP contribution >= 0.6 is 0 Å². The average molecular weight is 656 g/mol. The molecule has 0 fully saturated rings. The van der Waals surface area contributed by atoms with Crippen molar-refractivity contribution in [2.45, 2.75) is 26.2 Å². The van der Waals surface area contributed by atoms with Crippen molar-refractivity contribution in [1.82, 2.24) is 19.6 Å². The van der Waals surface area contributed by atoms with E-state index in [1.807, 2.05) is 0 Å². The third kappa shape index (κ3) is 7.12. The molecule has 0 atom stereocenters. The van der Waals surface area contributed by atoms with Crippen molar-refractivity contribution in [1.29, 1.82) is 0 Å². The summed E-state index contributed by atoms with van der Waals surface area (Å²) >= 11 is -4.04. The SMILES string of the molecule is CN(C)Cc1cccc[c]1[Sn]([c]1ccccc1CN(C)C)([c]1ccccc1CN(C)C)[c]1ccccc1CN(C)C. The standard InChI is InChI=1S/4C9H12N.Sn/c4*1-10(2)8-9-6-4-3-5-7-9;/h4*3-6H,8H2,1-2H3;. The second-order valence-electron chi connectivity index (χ2n) is 12.3. The molecule has 0 heterocycles. The number of benzene rings is 4. The molecule has 0 saturated heterocycles. The van der Waals surface area contributed by atoms with Gasteiger partial charge in [0.05, 0.1) is 0 Å². The molecule has 4 nitrogen and oxygen atoms in total. The second-order valence-corrected chi connectivity index (χ2v) is 22.8. The quantitative estimate of drug-likeness (QED) is 0.218. The van der Waals surface area contributed by atoms with Gasteiger partial charge in [0, 0.05) is 0 Å². The summed E-state index contributed by atoms with van der Waals surface area (Å²) in [5.74, 6) is 0. The van der Waals surface area contributed by atoms with Gasteiger partial charge in [-0.05, 0) is 0 Å². The number of rotatable bonds is 12. The molecule has 4 aromatic carbocycles. The van der Waals surface area contributed by atoms with Gasteiger partial charge >= 0.3 is 254 Å². The van der Waals surface area contributed by atoms with E-state index in [0.717, 1.165) is 26.2 Å². The van der Waals surface area contributed by atoms with Crippen molar-refractivity contribution in [2.24, 2.45) is 0 Å². The van der Waals surface area contributed by atoms with Crippen LogP contribution in [0.2, 0.25) is 0 Å². The third-order valence-corrected chi connectivity index (χ3v) is 22.4. The first-order valence-corrected chi connectivity index (χ1v) is 20.3. The summed E-state index contributed by atoms with van der Waals surface area (Å²) in [5.41, 5.74) is 5.75. The Labute approximate surface area is 253 Å². The summed E-state index contributed by atoms with van der Waals surface area (Å²) < 4.78 is 6.22. The van der Waals surface area contributed by atoms with Crippen LogP contribution in [0.3, 0.4) is 0 Å². The molecule has 0 unspecified atom stereocenters. The van der Waals surface area contributed by atoms with E-state index in [1.54, 1.807) is 14.3 Å². The summed E-state index contributed by atoms with van der Waals surface area (Å²) in [7, 11) is 17.5. The molecule has 0 bridgehead atoms. The van der Waals surface area contributed by atoms with Crippen LogP contribution in [0, 0.1) is 0 Å². The van der Waals surface area contributed by atoms with Gasteiger partial charge in [-0.25, -0.2) is 0 Å². The molecule has 0 aliphatic heterocycles. The van der Waals surface area contributed by atoms with Gasteiger partial charge in [-0.2, -0.15) is 0 Å². The molecule has 0 N–H and O–H groups in total. The molecular weight excluding hydrogens is 607 g/mol. The fraction of sp³-hybridized carbons (Fsp3) is 0.333. The molecule has 216 valence electrons. The maximum absolute atomic E-state index is 4.04. The van der Waals surface area contributed by atoms with Crippen molar-refractivity contribution in [3.8, 4) is 0 Å². The summed E-state index contributed by atoms with van der Waals surface area (Å²) in [5, 5.41) is 0. The van der Waals surface area contributed by atoms with Gasteiger partial charge in [0.2, 0.25) is 0 Å². The fourth-order valence-electron chi connectivity index (χ4n) is 6.33. The van der Waals surface area contributed by atoms with Crippen LogP contribution in [-0.2, 0) is 26.2 Å². The fourth-order valence-corrected chi connectivity index (χ4v) is 22.6. The van der Waals surface area contributed by atoms with E-state index in [0.29, 0.717) is 0 Å². The van der Waals surface area contributed by atoms with Gasteiger partial charge in [-0.3, -0.25) is 0 Å². The molecule has 0 aliphatic carbocycles. The Kier molecular flexibility index (Phi) is 10.8. The van der Waals surface area contributed by atoms with Crippen LogP contribution in [0.25, 0.3) is 0 Å². The van der Waals surface area contributed by atoms with E-state index >= 15 is 0 Å². The summed E-state index contributed by atoms with van der Waals surface area (Å²) in [6.45, 7) is 3.65. The van der Waals surface area contributed by atoms with Crippen LogP contribution in [0.15, 0.2) is 97.1 Å². The number of nitrogens with zero attached hydrogens (tertiary/aromatic N) is 4. The number of hydrogen-bond donors (Lipinski definition) is 0. The van der Waals surface area contributed by atoms with Crippen molar-refractivity contribution < 1.29 is 0 Å². The first-order chi connectivity index (χ1) is 19.6. The third-order valence-electron chi connectivity index (χ3n) is 7.63. The van der Waals surface area contributed by atoms with Crippen molar-refractivity contribution >= 4 is 32.7 Å². The van der Waals surface area contributed by atoms with Crippen molar-refractivity contribution in [3.05, 3.63) is 119 Å². The maximum atomic E-state index is 2.47. The topological polar surface area (TPSA) is 13.0 Å². The molecule has 41 heavy (non-hydrogen) atoms. The van der Waals surface area contributed by atoms with E-state index < -0.39 is 18.4 Å². The Bertz CT molecular complexity index is 1210. The number of hydrogen-bond acceptors (Lipinski definition) is 4. The zero-order chi connectivity index (χ0) is 29.6. The minimum absolute atomic E-state index is 0.913. The van der Waals surface area contributed by atoms with Crippen LogP contribution in [0.5, 0.6) is 0 Å². The van der Waals surface area contributed by atoms with Gasteiger partial charge in [-0.15, -0.1) is 0 Å². The second kappa shape index (κ2) is 14.1.